The molecule has 1 fully saturated rings. The Labute approximate surface area is 217 Å². The first-order chi connectivity index (χ1) is 17.2. The van der Waals surface area contributed by atoms with Crippen LogP contribution in [0.5, 0.6) is 11.5 Å². The molecular formula is C28H25BrN2O5. The molecule has 3 aromatic rings. The van der Waals surface area contributed by atoms with Gasteiger partial charge < -0.3 is 9.47 Å². The number of methoxy groups -OCH3 is 1. The van der Waals surface area contributed by atoms with Crippen LogP contribution in [0.3, 0.4) is 0 Å². The second-order valence-electron chi connectivity index (χ2n) is 8.50. The molecule has 1 N–H and O–H groups in total. The third-order valence-corrected chi connectivity index (χ3v) is 6.88. The van der Waals surface area contributed by atoms with Gasteiger partial charge in [-0.15, -0.1) is 0 Å². The van der Waals surface area contributed by atoms with E-state index < -0.39 is 17.8 Å². The molecule has 0 radical (unpaired) electrons. The maximum absolute atomic E-state index is 13.3. The summed E-state index contributed by atoms with van der Waals surface area (Å²) >= 11 is 3.41. The van der Waals surface area contributed by atoms with Crippen LogP contribution in [0.2, 0.25) is 0 Å². The summed E-state index contributed by atoms with van der Waals surface area (Å²) in [4.78, 5) is 39.5. The third kappa shape index (κ3) is 5.18. The smallest absolute Gasteiger partial charge is 0.335 e. The Kier molecular flexibility index (Phi) is 7.26. The van der Waals surface area contributed by atoms with E-state index in [0.29, 0.717) is 22.7 Å². The number of urea groups is 1. The number of nitrogens with one attached hydrogen (secondary N) is 1. The first-order valence-corrected chi connectivity index (χ1v) is 12.0. The Morgan fingerprint density at radius 3 is 2.39 bits per heavy atom. The predicted octanol–water partition coefficient (Wildman–Crippen LogP) is 5.63. The monoisotopic (exact) mass is 548 g/mol. The Hall–Kier alpha value is -3.91. The maximum atomic E-state index is 13.3. The Morgan fingerprint density at radius 2 is 1.69 bits per heavy atom. The number of hydrogen-bond donors (Lipinski definition) is 1. The summed E-state index contributed by atoms with van der Waals surface area (Å²) in [6, 6.07) is 15.4. The van der Waals surface area contributed by atoms with Gasteiger partial charge in [0.1, 0.15) is 23.7 Å². The average molecular weight is 549 g/mol. The van der Waals surface area contributed by atoms with Crippen molar-refractivity contribution in [1.82, 2.24) is 5.32 Å². The van der Waals surface area contributed by atoms with Gasteiger partial charge in [0.2, 0.25) is 0 Å². The molecular weight excluding hydrogens is 524 g/mol. The molecule has 1 aliphatic rings. The highest BCUT2D eigenvalue weighted by Gasteiger charge is 2.37. The zero-order valence-electron chi connectivity index (χ0n) is 20.3. The molecule has 4 amide bonds. The number of anilines is 1. The zero-order valence-corrected chi connectivity index (χ0v) is 21.9. The minimum atomic E-state index is -0.801. The number of nitrogens with zero attached hydrogens (tertiary/aromatic N) is 1. The number of ether oxygens (including phenoxy) is 2. The summed E-state index contributed by atoms with van der Waals surface area (Å²) in [7, 11) is 1.54. The molecule has 0 atom stereocenters. The van der Waals surface area contributed by atoms with Crippen LogP contribution in [0.1, 0.15) is 27.8 Å². The van der Waals surface area contributed by atoms with Crippen LogP contribution in [0.15, 0.2) is 64.6 Å². The number of imide groups is 2. The van der Waals surface area contributed by atoms with Crippen LogP contribution in [0.25, 0.3) is 6.08 Å². The van der Waals surface area contributed by atoms with Crippen LogP contribution >= 0.6 is 15.9 Å². The van der Waals surface area contributed by atoms with Crippen LogP contribution < -0.4 is 19.7 Å². The van der Waals surface area contributed by atoms with Gasteiger partial charge in [-0.2, -0.15) is 0 Å². The molecule has 0 unspecified atom stereocenters. The molecule has 0 spiro atoms. The van der Waals surface area contributed by atoms with Crippen LogP contribution in [0.4, 0.5) is 10.5 Å². The molecule has 0 bridgehead atoms. The van der Waals surface area contributed by atoms with Gasteiger partial charge >= 0.3 is 6.03 Å². The van der Waals surface area contributed by atoms with Gasteiger partial charge in [0.05, 0.1) is 12.8 Å². The number of barbiturate groups is 1. The number of amides is 4. The largest absolute Gasteiger partial charge is 0.497 e. The third-order valence-electron chi connectivity index (χ3n) is 5.99. The molecule has 4 rings (SSSR count). The highest BCUT2D eigenvalue weighted by atomic mass is 79.9. The van der Waals surface area contributed by atoms with Crippen molar-refractivity contribution in [2.45, 2.75) is 27.4 Å². The van der Waals surface area contributed by atoms with Crippen molar-refractivity contribution in [1.29, 1.82) is 0 Å². The van der Waals surface area contributed by atoms with Gasteiger partial charge in [-0.3, -0.25) is 14.9 Å². The molecule has 8 heteroatoms. The highest BCUT2D eigenvalue weighted by molar-refractivity contribution is 9.10. The lowest BCUT2D eigenvalue weighted by Gasteiger charge is -2.27. The van der Waals surface area contributed by atoms with Gasteiger partial charge in [-0.25, -0.2) is 9.69 Å². The molecule has 1 aliphatic heterocycles. The number of rotatable bonds is 6. The zero-order chi connectivity index (χ0) is 26.0. The van der Waals surface area contributed by atoms with E-state index in [0.717, 1.165) is 26.1 Å². The molecule has 7 nitrogen and oxygen atoms in total. The van der Waals surface area contributed by atoms with Crippen LogP contribution in [0, 0.1) is 20.8 Å². The molecule has 3 aromatic carbocycles. The fraction of sp³-hybridized carbons (Fsp3) is 0.179. The second-order valence-corrected chi connectivity index (χ2v) is 9.36. The Morgan fingerprint density at radius 1 is 0.917 bits per heavy atom. The normalized spacial score (nSPS) is 14.8. The first kappa shape index (κ1) is 25.2. The first-order valence-electron chi connectivity index (χ1n) is 11.2. The summed E-state index contributed by atoms with van der Waals surface area (Å²) < 4.78 is 12.3. The van der Waals surface area contributed by atoms with Crippen molar-refractivity contribution in [3.05, 3.63) is 92.5 Å². The molecule has 184 valence electrons. The number of carbonyl (C=O) groups is 3. The van der Waals surface area contributed by atoms with Crippen LogP contribution in [-0.2, 0) is 16.2 Å². The van der Waals surface area contributed by atoms with E-state index in [-0.39, 0.29) is 12.2 Å². The number of aryl methyl sites for hydroxylation is 3. The maximum Gasteiger partial charge on any atom is 0.335 e. The van der Waals surface area contributed by atoms with Gasteiger partial charge in [-0.1, -0.05) is 34.1 Å². The molecule has 1 saturated heterocycles. The highest BCUT2D eigenvalue weighted by Crippen LogP contribution is 2.30. The van der Waals surface area contributed by atoms with Gasteiger partial charge in [0.25, 0.3) is 11.8 Å². The summed E-state index contributed by atoms with van der Waals surface area (Å²) in [5.41, 5.74) is 4.84. The van der Waals surface area contributed by atoms with Crippen molar-refractivity contribution in [3.63, 3.8) is 0 Å². The van der Waals surface area contributed by atoms with Crippen molar-refractivity contribution < 1.29 is 23.9 Å². The van der Waals surface area contributed by atoms with Crippen molar-refractivity contribution in [2.24, 2.45) is 0 Å². The van der Waals surface area contributed by atoms with Gasteiger partial charge in [-0.05, 0) is 79.4 Å². The SMILES string of the molecule is COc1ccc(/C=C2/C(=O)NC(=O)N(c3ccc(Br)c(C)c3)C2=O)c(OCc2ccc(C)c(C)c2)c1. The lowest BCUT2D eigenvalue weighted by Crippen LogP contribution is -2.54. The summed E-state index contributed by atoms with van der Waals surface area (Å²) in [6.45, 7) is 6.21. The molecule has 1 heterocycles. The van der Waals surface area contributed by atoms with E-state index in [1.54, 1.807) is 43.5 Å². The van der Waals surface area contributed by atoms with E-state index >= 15 is 0 Å². The van der Waals surface area contributed by atoms with Gasteiger partial charge in [0.15, 0.2) is 0 Å². The average Bonchev–Trinajstić information content (AvgIpc) is 2.85. The van der Waals surface area contributed by atoms with E-state index in [1.807, 2.05) is 32.9 Å². The number of halogens is 1. The van der Waals surface area contributed by atoms with Gasteiger partial charge in [0, 0.05) is 16.1 Å². The van der Waals surface area contributed by atoms with Crippen molar-refractivity contribution in [3.8, 4) is 11.5 Å². The van der Waals surface area contributed by atoms with E-state index in [2.05, 4.69) is 27.3 Å². The standard InChI is InChI=1S/C28H25BrN2O5/c1-16-5-6-19(11-17(16)2)15-36-25-14-22(35-4)9-7-20(25)13-23-26(32)30-28(34)31(27(23)33)21-8-10-24(29)18(3)12-21/h5-14H,15H2,1-4H3,(H,30,32,34)/b23-13-. The minimum Gasteiger partial charge on any atom is -0.497 e. The quantitative estimate of drug-likeness (QED) is 0.318. The Balaban J connectivity index is 1.69. The number of benzene rings is 3. The molecule has 0 aliphatic carbocycles. The molecule has 36 heavy (non-hydrogen) atoms. The Bertz CT molecular complexity index is 1410. The summed E-state index contributed by atoms with van der Waals surface area (Å²) in [5.74, 6) is -0.496. The van der Waals surface area contributed by atoms with Crippen molar-refractivity contribution >= 4 is 45.5 Å². The fourth-order valence-electron chi connectivity index (χ4n) is 3.76. The topological polar surface area (TPSA) is 84.9 Å². The van der Waals surface area contributed by atoms with E-state index in [9.17, 15) is 14.4 Å². The number of carbonyl (C=O) groups excluding carboxylic acids is 3. The van der Waals surface area contributed by atoms with E-state index in [4.69, 9.17) is 9.47 Å². The lowest BCUT2D eigenvalue weighted by molar-refractivity contribution is -0.122. The molecule has 0 aromatic heterocycles. The fourth-order valence-corrected chi connectivity index (χ4v) is 4.00. The minimum absolute atomic E-state index is 0.184. The second kappa shape index (κ2) is 10.4. The lowest BCUT2D eigenvalue weighted by atomic mass is 10.0. The molecule has 0 saturated carbocycles. The predicted molar refractivity (Wildman–Crippen MR) is 141 cm³/mol. The van der Waals surface area contributed by atoms with Crippen molar-refractivity contribution in [2.75, 3.05) is 12.0 Å². The van der Waals surface area contributed by atoms with Crippen LogP contribution in [-0.4, -0.2) is 25.0 Å². The summed E-state index contributed by atoms with van der Waals surface area (Å²) in [6.07, 6.45) is 1.43. The number of hydrogen-bond acceptors (Lipinski definition) is 5. The summed E-state index contributed by atoms with van der Waals surface area (Å²) in [5, 5.41) is 2.26. The van der Waals surface area contributed by atoms with E-state index in [1.165, 1.54) is 11.6 Å².